The minimum atomic E-state index is -1.20. The van der Waals surface area contributed by atoms with Gasteiger partial charge in [0.15, 0.2) is 5.96 Å². The van der Waals surface area contributed by atoms with E-state index >= 15 is 0 Å². The van der Waals surface area contributed by atoms with Crippen molar-refractivity contribution in [1.82, 2.24) is 20.4 Å². The number of aliphatic imine (C=N–C) groups is 1. The van der Waals surface area contributed by atoms with Gasteiger partial charge in [0.25, 0.3) is 0 Å². The van der Waals surface area contributed by atoms with Crippen molar-refractivity contribution in [3.8, 4) is 0 Å². The van der Waals surface area contributed by atoms with Crippen LogP contribution in [-0.2, 0) is 30.4 Å². The summed E-state index contributed by atoms with van der Waals surface area (Å²) < 4.78 is 0. The number of hydrogen-bond donors (Lipinski definition) is 6. The minimum Gasteiger partial charge on any atom is -0.480 e. The molecule has 1 aromatic rings. The number of carboxylic acid groups (broad SMARTS) is 1. The second-order valence-electron chi connectivity index (χ2n) is 12.2. The Morgan fingerprint density at radius 2 is 1.47 bits per heavy atom. The van der Waals surface area contributed by atoms with Gasteiger partial charge in [-0.15, -0.1) is 0 Å². The molecule has 9 N–H and O–H groups in total. The molecule has 4 amide bonds. The molecule has 2 saturated heterocycles. The number of hydrogen-bond acceptors (Lipinski definition) is 7. The Labute approximate surface area is 264 Å². The summed E-state index contributed by atoms with van der Waals surface area (Å²) in [6.45, 7) is 4.76. The van der Waals surface area contributed by atoms with E-state index in [2.05, 4.69) is 15.6 Å². The van der Waals surface area contributed by atoms with Gasteiger partial charge in [0.1, 0.15) is 24.2 Å². The number of nitrogens with one attached hydrogen (secondary N) is 2. The van der Waals surface area contributed by atoms with Crippen molar-refractivity contribution in [1.29, 1.82) is 0 Å². The Balaban J connectivity index is 1.66. The fourth-order valence-electron chi connectivity index (χ4n) is 5.96. The van der Waals surface area contributed by atoms with Gasteiger partial charge in [-0.05, 0) is 62.8 Å². The SMILES string of the molecule is CC(C)C[C@H](NC(=O)[C@@H]1CCCN1C(=O)[C@@H](N)Cc1ccccc1)C(=O)N1CCC[C@H]1C(=O)N[C@@H](CCCN=C(N)N)C(=O)O. The van der Waals surface area contributed by atoms with Crippen molar-refractivity contribution in [2.75, 3.05) is 19.6 Å². The van der Waals surface area contributed by atoms with Crippen molar-refractivity contribution >= 4 is 35.6 Å². The summed E-state index contributed by atoms with van der Waals surface area (Å²) in [4.78, 5) is 72.5. The fourth-order valence-corrected chi connectivity index (χ4v) is 5.96. The van der Waals surface area contributed by atoms with E-state index < -0.39 is 53.9 Å². The number of likely N-dealkylation sites (tertiary alicyclic amines) is 2. The van der Waals surface area contributed by atoms with E-state index in [0.29, 0.717) is 58.0 Å². The molecule has 0 aromatic heterocycles. The third kappa shape index (κ3) is 10.2. The molecule has 5 atom stereocenters. The lowest BCUT2D eigenvalue weighted by molar-refractivity contribution is -0.145. The van der Waals surface area contributed by atoms with Gasteiger partial charge in [-0.2, -0.15) is 0 Å². The molecule has 0 aliphatic carbocycles. The van der Waals surface area contributed by atoms with Crippen LogP contribution < -0.4 is 27.8 Å². The van der Waals surface area contributed by atoms with E-state index in [9.17, 15) is 29.1 Å². The molecule has 45 heavy (non-hydrogen) atoms. The first kappa shape index (κ1) is 35.3. The molecule has 3 rings (SSSR count). The zero-order chi connectivity index (χ0) is 33.1. The number of amides is 4. The molecule has 2 aliphatic rings. The first-order chi connectivity index (χ1) is 21.4. The standard InChI is InChI=1S/C31H48N8O6/c1-19(2)17-23(37-27(41)24-12-7-15-38(24)28(42)21(32)18-20-9-4-3-5-10-20)29(43)39-16-8-13-25(39)26(40)36-22(30(44)45)11-6-14-35-31(33)34/h3-5,9-10,19,21-25H,6-8,11-18,32H2,1-2H3,(H,36,40)(H,37,41)(H,44,45)(H4,33,34,35)/t21-,22-,23-,24-,25-/m0/s1. The maximum Gasteiger partial charge on any atom is 0.326 e. The van der Waals surface area contributed by atoms with Crippen LogP contribution in [0.1, 0.15) is 64.4 Å². The Kier molecular flexibility index (Phi) is 13.1. The number of aliphatic carboxylic acids is 1. The summed E-state index contributed by atoms with van der Waals surface area (Å²) in [5.74, 6) is -2.99. The lowest BCUT2D eigenvalue weighted by Crippen LogP contribution is -2.58. The number of carbonyl (C=O) groups excluding carboxylic acids is 4. The minimum absolute atomic E-state index is 0.0383. The van der Waals surface area contributed by atoms with Crippen molar-refractivity contribution in [2.45, 2.75) is 95.4 Å². The zero-order valence-electron chi connectivity index (χ0n) is 26.2. The molecule has 2 aliphatic heterocycles. The number of rotatable bonds is 15. The molecule has 0 unspecified atom stereocenters. The van der Waals surface area contributed by atoms with Gasteiger partial charge in [0.05, 0.1) is 6.04 Å². The van der Waals surface area contributed by atoms with Crippen LogP contribution in [0, 0.1) is 5.92 Å². The van der Waals surface area contributed by atoms with Crippen LogP contribution in [0.2, 0.25) is 0 Å². The molecular weight excluding hydrogens is 580 g/mol. The van der Waals surface area contributed by atoms with Gasteiger partial charge < -0.3 is 42.7 Å². The molecule has 0 radical (unpaired) electrons. The van der Waals surface area contributed by atoms with Crippen LogP contribution in [0.25, 0.3) is 0 Å². The molecule has 248 valence electrons. The summed E-state index contributed by atoms with van der Waals surface area (Å²) >= 11 is 0. The highest BCUT2D eigenvalue weighted by Gasteiger charge is 2.41. The van der Waals surface area contributed by atoms with E-state index in [1.165, 1.54) is 9.80 Å². The summed E-state index contributed by atoms with van der Waals surface area (Å²) in [6, 6.07) is 4.90. The van der Waals surface area contributed by atoms with E-state index in [-0.39, 0.29) is 30.8 Å². The highest BCUT2D eigenvalue weighted by atomic mass is 16.4. The maximum atomic E-state index is 13.8. The molecule has 14 heteroatoms. The Morgan fingerprint density at radius 3 is 2.00 bits per heavy atom. The normalized spacial score (nSPS) is 19.9. The molecule has 1 aromatic carbocycles. The number of benzene rings is 1. The van der Waals surface area contributed by atoms with Gasteiger partial charge >= 0.3 is 5.97 Å². The second-order valence-corrected chi connectivity index (χ2v) is 12.2. The number of nitrogens with zero attached hydrogens (tertiary/aromatic N) is 3. The van der Waals surface area contributed by atoms with Crippen molar-refractivity contribution in [3.63, 3.8) is 0 Å². The van der Waals surface area contributed by atoms with Crippen molar-refractivity contribution in [2.24, 2.45) is 28.1 Å². The topological polar surface area (TPSA) is 227 Å². The monoisotopic (exact) mass is 628 g/mol. The van der Waals surface area contributed by atoms with E-state index in [1.54, 1.807) is 0 Å². The van der Waals surface area contributed by atoms with Gasteiger partial charge in [-0.1, -0.05) is 44.2 Å². The van der Waals surface area contributed by atoms with Crippen LogP contribution in [0.3, 0.4) is 0 Å². The van der Waals surface area contributed by atoms with Gasteiger partial charge in [0, 0.05) is 19.6 Å². The van der Waals surface area contributed by atoms with Crippen molar-refractivity contribution < 1.29 is 29.1 Å². The Hall–Kier alpha value is -4.20. The third-order valence-corrected chi connectivity index (χ3v) is 8.17. The summed E-state index contributed by atoms with van der Waals surface area (Å²) in [6.07, 6.45) is 3.12. The lowest BCUT2D eigenvalue weighted by Gasteiger charge is -2.32. The Bertz CT molecular complexity index is 1220. The summed E-state index contributed by atoms with van der Waals surface area (Å²) in [7, 11) is 0. The fraction of sp³-hybridized carbons (Fsp3) is 0.613. The van der Waals surface area contributed by atoms with Crippen LogP contribution in [0.15, 0.2) is 35.3 Å². The highest BCUT2D eigenvalue weighted by Crippen LogP contribution is 2.23. The first-order valence-corrected chi connectivity index (χ1v) is 15.7. The van der Waals surface area contributed by atoms with E-state index in [0.717, 1.165) is 5.56 Å². The average Bonchev–Trinajstić information content (AvgIpc) is 3.68. The van der Waals surface area contributed by atoms with Crippen LogP contribution in [0.5, 0.6) is 0 Å². The lowest BCUT2D eigenvalue weighted by atomic mass is 10.0. The molecule has 2 fully saturated rings. The van der Waals surface area contributed by atoms with Crippen LogP contribution in [-0.4, -0.2) is 100 Å². The predicted octanol–water partition coefficient (Wildman–Crippen LogP) is -0.308. The Morgan fingerprint density at radius 1 is 0.911 bits per heavy atom. The van der Waals surface area contributed by atoms with Crippen LogP contribution >= 0.6 is 0 Å². The first-order valence-electron chi connectivity index (χ1n) is 15.7. The van der Waals surface area contributed by atoms with Crippen LogP contribution in [0.4, 0.5) is 0 Å². The summed E-state index contributed by atoms with van der Waals surface area (Å²) in [5.41, 5.74) is 17.8. The predicted molar refractivity (Wildman–Crippen MR) is 168 cm³/mol. The zero-order valence-corrected chi connectivity index (χ0v) is 26.2. The molecule has 0 bridgehead atoms. The number of nitrogens with two attached hydrogens (primary N) is 3. The van der Waals surface area contributed by atoms with Crippen molar-refractivity contribution in [3.05, 3.63) is 35.9 Å². The maximum absolute atomic E-state index is 13.8. The van der Waals surface area contributed by atoms with E-state index in [1.807, 2.05) is 44.2 Å². The quantitative estimate of drug-likeness (QED) is 0.0849. The summed E-state index contributed by atoms with van der Waals surface area (Å²) in [5, 5.41) is 15.1. The third-order valence-electron chi connectivity index (χ3n) is 8.17. The molecule has 2 heterocycles. The average molecular weight is 629 g/mol. The number of carbonyl (C=O) groups is 5. The molecule has 0 spiro atoms. The number of guanidine groups is 1. The smallest absolute Gasteiger partial charge is 0.326 e. The molecular formula is C31H48N8O6. The van der Waals surface area contributed by atoms with Gasteiger partial charge in [-0.3, -0.25) is 24.2 Å². The van der Waals surface area contributed by atoms with E-state index in [4.69, 9.17) is 17.2 Å². The largest absolute Gasteiger partial charge is 0.480 e. The highest BCUT2D eigenvalue weighted by molar-refractivity contribution is 5.96. The number of carboxylic acids is 1. The van der Waals surface area contributed by atoms with Gasteiger partial charge in [0.2, 0.25) is 23.6 Å². The molecule has 0 saturated carbocycles. The molecule has 14 nitrogen and oxygen atoms in total. The second kappa shape index (κ2) is 16.8. The van der Waals surface area contributed by atoms with Gasteiger partial charge in [-0.25, -0.2) is 4.79 Å².